The van der Waals surface area contributed by atoms with E-state index >= 15 is 0 Å². The Morgan fingerprint density at radius 2 is 2.00 bits per heavy atom. The Morgan fingerprint density at radius 1 is 1.38 bits per heavy atom. The number of halogens is 3. The fourth-order valence-electron chi connectivity index (χ4n) is 0.751. The summed E-state index contributed by atoms with van der Waals surface area (Å²) in [6, 6.07) is 2.41. The highest BCUT2D eigenvalue weighted by atomic mass is 35.5. The Balaban J connectivity index is 3.08. The third-order valence-corrected chi connectivity index (χ3v) is 1.97. The highest BCUT2D eigenvalue weighted by molar-refractivity contribution is 7.80. The minimum Gasteiger partial charge on any atom is -0.376 e. The lowest BCUT2D eigenvalue weighted by molar-refractivity contribution is 0.629. The summed E-state index contributed by atoms with van der Waals surface area (Å²) in [5.41, 5.74) is 5.49. The first-order valence-electron chi connectivity index (χ1n) is 3.21. The van der Waals surface area contributed by atoms with E-state index in [0.717, 1.165) is 6.07 Å². The van der Waals surface area contributed by atoms with E-state index in [2.05, 4.69) is 17.5 Å². The van der Waals surface area contributed by atoms with E-state index in [1.807, 2.05) is 0 Å². The van der Waals surface area contributed by atoms with Crippen LogP contribution in [0.15, 0.2) is 12.1 Å². The molecule has 0 bridgehead atoms. The molecule has 0 aliphatic heterocycles. The van der Waals surface area contributed by atoms with Crippen LogP contribution in [0.4, 0.5) is 10.1 Å². The van der Waals surface area contributed by atoms with E-state index in [0.29, 0.717) is 5.69 Å². The van der Waals surface area contributed by atoms with Crippen LogP contribution in [-0.2, 0) is 0 Å². The van der Waals surface area contributed by atoms with Crippen molar-refractivity contribution in [3.63, 3.8) is 0 Å². The molecule has 0 saturated heterocycles. The molecular formula is C7H5Cl2FN2S. The van der Waals surface area contributed by atoms with Crippen LogP contribution in [0.25, 0.3) is 0 Å². The van der Waals surface area contributed by atoms with Gasteiger partial charge in [-0.2, -0.15) is 0 Å². The molecule has 0 saturated carbocycles. The maximum Gasteiger partial charge on any atom is 0.168 e. The second kappa shape index (κ2) is 4.09. The van der Waals surface area contributed by atoms with Crippen molar-refractivity contribution in [2.75, 3.05) is 5.32 Å². The summed E-state index contributed by atoms with van der Waals surface area (Å²) in [7, 11) is 0. The first-order valence-corrected chi connectivity index (χ1v) is 4.38. The van der Waals surface area contributed by atoms with E-state index in [1.165, 1.54) is 6.07 Å². The topological polar surface area (TPSA) is 38.0 Å². The number of benzene rings is 1. The van der Waals surface area contributed by atoms with Gasteiger partial charge in [0.2, 0.25) is 0 Å². The van der Waals surface area contributed by atoms with Crippen LogP contribution in [0.1, 0.15) is 0 Å². The first kappa shape index (κ1) is 10.5. The van der Waals surface area contributed by atoms with E-state index in [-0.39, 0.29) is 15.2 Å². The molecule has 0 spiro atoms. The molecule has 13 heavy (non-hydrogen) atoms. The fraction of sp³-hybridized carbons (Fsp3) is 0. The van der Waals surface area contributed by atoms with E-state index < -0.39 is 5.82 Å². The zero-order chi connectivity index (χ0) is 10.0. The summed E-state index contributed by atoms with van der Waals surface area (Å²) in [6.45, 7) is 0. The number of nitrogens with one attached hydrogen (secondary N) is 1. The Morgan fingerprint density at radius 3 is 2.54 bits per heavy atom. The molecule has 0 aromatic heterocycles. The molecule has 0 unspecified atom stereocenters. The summed E-state index contributed by atoms with van der Waals surface area (Å²) in [4.78, 5) is 0. The number of anilines is 1. The van der Waals surface area contributed by atoms with Crippen molar-refractivity contribution < 1.29 is 4.39 Å². The molecule has 6 heteroatoms. The Kier molecular flexibility index (Phi) is 3.30. The minimum absolute atomic E-state index is 0.0172. The molecule has 1 aromatic rings. The van der Waals surface area contributed by atoms with Crippen LogP contribution < -0.4 is 11.1 Å². The van der Waals surface area contributed by atoms with Crippen LogP contribution in [-0.4, -0.2) is 5.11 Å². The quantitative estimate of drug-likeness (QED) is 0.584. The Bertz CT molecular complexity index is 357. The highest BCUT2D eigenvalue weighted by Crippen LogP contribution is 2.27. The van der Waals surface area contributed by atoms with Gasteiger partial charge in [-0.25, -0.2) is 4.39 Å². The molecule has 1 aromatic carbocycles. The van der Waals surface area contributed by atoms with E-state index in [4.69, 9.17) is 28.9 Å². The van der Waals surface area contributed by atoms with Gasteiger partial charge in [0.1, 0.15) is 5.82 Å². The molecule has 1 rings (SSSR count). The van der Waals surface area contributed by atoms with Crippen molar-refractivity contribution in [1.82, 2.24) is 0 Å². The van der Waals surface area contributed by atoms with Gasteiger partial charge in [-0.15, -0.1) is 0 Å². The molecule has 0 aliphatic rings. The largest absolute Gasteiger partial charge is 0.376 e. The molecule has 2 nitrogen and oxygen atoms in total. The number of hydrogen-bond donors (Lipinski definition) is 2. The second-order valence-electron chi connectivity index (χ2n) is 2.24. The van der Waals surface area contributed by atoms with Crippen LogP contribution in [0.5, 0.6) is 0 Å². The number of hydrogen-bond acceptors (Lipinski definition) is 1. The van der Waals surface area contributed by atoms with Gasteiger partial charge < -0.3 is 11.1 Å². The molecule has 0 amide bonds. The van der Waals surface area contributed by atoms with Gasteiger partial charge in [0, 0.05) is 6.07 Å². The number of nitrogens with two attached hydrogens (primary N) is 1. The minimum atomic E-state index is -0.579. The standard InChI is InChI=1S/C7H5Cl2FN2S/c8-3-1-4(9)6(2-5(3)10)12-7(11)13/h1-2H,(H3,11,12,13). The number of rotatable bonds is 1. The van der Waals surface area contributed by atoms with E-state index in [1.54, 1.807) is 0 Å². The zero-order valence-corrected chi connectivity index (χ0v) is 8.60. The smallest absolute Gasteiger partial charge is 0.168 e. The predicted octanol–water partition coefficient (Wildman–Crippen LogP) is 2.79. The van der Waals surface area contributed by atoms with Gasteiger partial charge in [-0.1, -0.05) is 23.2 Å². The van der Waals surface area contributed by atoms with Crippen molar-refractivity contribution >= 4 is 46.2 Å². The number of thiocarbonyl (C=S) groups is 1. The SMILES string of the molecule is NC(=S)Nc1cc(F)c(Cl)cc1Cl. The average Bonchev–Trinajstić information content (AvgIpc) is 1.99. The molecule has 70 valence electrons. The van der Waals surface area contributed by atoms with Crippen molar-refractivity contribution in [1.29, 1.82) is 0 Å². The average molecular weight is 239 g/mol. The third-order valence-electron chi connectivity index (χ3n) is 1.27. The van der Waals surface area contributed by atoms with Gasteiger partial charge in [-0.3, -0.25) is 0 Å². The summed E-state index contributed by atoms with van der Waals surface area (Å²) in [5, 5.41) is 2.76. The Labute approximate surface area is 89.8 Å². The molecule has 0 fully saturated rings. The summed E-state index contributed by atoms with van der Waals surface area (Å²) in [5.74, 6) is -0.579. The van der Waals surface area contributed by atoms with Gasteiger partial charge >= 0.3 is 0 Å². The van der Waals surface area contributed by atoms with Gasteiger partial charge in [0.25, 0.3) is 0 Å². The summed E-state index contributed by atoms with van der Waals surface area (Å²) >= 11 is 15.8. The molecular weight excluding hydrogens is 234 g/mol. The summed E-state index contributed by atoms with van der Waals surface area (Å²) < 4.78 is 12.9. The van der Waals surface area contributed by atoms with Gasteiger partial charge in [0.05, 0.1) is 15.7 Å². The highest BCUT2D eigenvalue weighted by Gasteiger charge is 2.06. The molecule has 0 radical (unpaired) electrons. The maximum absolute atomic E-state index is 12.9. The monoisotopic (exact) mass is 238 g/mol. The van der Waals surface area contributed by atoms with Crippen LogP contribution >= 0.6 is 35.4 Å². The van der Waals surface area contributed by atoms with Crippen molar-refractivity contribution in [2.45, 2.75) is 0 Å². The zero-order valence-electron chi connectivity index (χ0n) is 6.27. The van der Waals surface area contributed by atoms with Crippen LogP contribution in [0.3, 0.4) is 0 Å². The van der Waals surface area contributed by atoms with Crippen molar-refractivity contribution in [2.24, 2.45) is 5.73 Å². The lowest BCUT2D eigenvalue weighted by atomic mass is 10.3. The summed E-state index contributed by atoms with van der Waals surface area (Å²) in [6.07, 6.45) is 0. The van der Waals surface area contributed by atoms with Gasteiger partial charge in [-0.05, 0) is 18.3 Å². The van der Waals surface area contributed by atoms with Crippen molar-refractivity contribution in [3.8, 4) is 0 Å². The van der Waals surface area contributed by atoms with Crippen molar-refractivity contribution in [3.05, 3.63) is 28.0 Å². The molecule has 0 heterocycles. The fourth-order valence-corrected chi connectivity index (χ4v) is 1.29. The third kappa shape index (κ3) is 2.69. The predicted molar refractivity (Wildman–Crippen MR) is 56.8 cm³/mol. The van der Waals surface area contributed by atoms with E-state index in [9.17, 15) is 4.39 Å². The lowest BCUT2D eigenvalue weighted by Gasteiger charge is -2.06. The van der Waals surface area contributed by atoms with Crippen LogP contribution in [0, 0.1) is 5.82 Å². The van der Waals surface area contributed by atoms with Crippen LogP contribution in [0.2, 0.25) is 10.0 Å². The second-order valence-corrected chi connectivity index (χ2v) is 3.49. The van der Waals surface area contributed by atoms with Gasteiger partial charge in [0.15, 0.2) is 5.11 Å². The molecule has 0 atom stereocenters. The lowest BCUT2D eigenvalue weighted by Crippen LogP contribution is -2.19. The molecule has 0 aliphatic carbocycles. The maximum atomic E-state index is 12.9. The molecule has 3 N–H and O–H groups in total. The Hall–Kier alpha value is -0.580. The first-order chi connectivity index (χ1) is 6.00. The normalized spacial score (nSPS) is 9.77.